The quantitative estimate of drug-likeness (QED) is 0.635. The number of morpholine rings is 1. The van der Waals surface area contributed by atoms with Crippen LogP contribution in [0.5, 0.6) is 0 Å². The number of nitrogens with one attached hydrogen (secondary N) is 1. The van der Waals surface area contributed by atoms with Crippen LogP contribution in [0.3, 0.4) is 0 Å². The first-order chi connectivity index (χ1) is 6.93. The van der Waals surface area contributed by atoms with Gasteiger partial charge in [0, 0.05) is 26.2 Å². The van der Waals surface area contributed by atoms with Crippen LogP contribution in [0.4, 0.5) is 0 Å². The summed E-state index contributed by atoms with van der Waals surface area (Å²) < 4.78 is 5.29. The molecule has 0 atom stereocenters. The van der Waals surface area contributed by atoms with Crippen molar-refractivity contribution in [3.8, 4) is 0 Å². The maximum Gasteiger partial charge on any atom is 0.0594 e. The van der Waals surface area contributed by atoms with Gasteiger partial charge in [-0.25, -0.2) is 0 Å². The van der Waals surface area contributed by atoms with Crippen molar-refractivity contribution < 1.29 is 4.74 Å². The Morgan fingerprint density at radius 1 is 1.29 bits per heavy atom. The van der Waals surface area contributed by atoms with E-state index in [0.29, 0.717) is 0 Å². The minimum absolute atomic E-state index is 0.909. The maximum absolute atomic E-state index is 5.29. The molecule has 0 aromatic carbocycles. The molecule has 0 unspecified atom stereocenters. The number of rotatable bonds is 7. The Balaban J connectivity index is 1.82. The van der Waals surface area contributed by atoms with Gasteiger partial charge in [0.1, 0.15) is 0 Å². The first kappa shape index (κ1) is 12.3. The van der Waals surface area contributed by atoms with Crippen LogP contribution in [0.2, 0.25) is 0 Å². The molecule has 1 saturated heterocycles. The first-order valence-corrected chi connectivity index (χ1v) is 6.82. The molecule has 0 spiro atoms. The molecule has 1 heterocycles. The largest absolute Gasteiger partial charge is 0.379 e. The lowest BCUT2D eigenvalue weighted by Gasteiger charge is -2.26. The highest BCUT2D eigenvalue weighted by atomic mass is 32.2. The van der Waals surface area contributed by atoms with E-state index in [0.717, 1.165) is 39.4 Å². The van der Waals surface area contributed by atoms with Crippen molar-refractivity contribution in [3.05, 3.63) is 0 Å². The van der Waals surface area contributed by atoms with E-state index < -0.39 is 0 Å². The lowest BCUT2D eigenvalue weighted by molar-refractivity contribution is 0.0384. The van der Waals surface area contributed by atoms with Gasteiger partial charge in [-0.15, -0.1) is 0 Å². The summed E-state index contributed by atoms with van der Waals surface area (Å²) in [6, 6.07) is 0. The van der Waals surface area contributed by atoms with Crippen LogP contribution >= 0.6 is 11.8 Å². The van der Waals surface area contributed by atoms with Crippen molar-refractivity contribution in [3.63, 3.8) is 0 Å². The Hall–Kier alpha value is 0.230. The monoisotopic (exact) mass is 218 g/mol. The highest BCUT2D eigenvalue weighted by Gasteiger charge is 2.08. The van der Waals surface area contributed by atoms with E-state index in [2.05, 4.69) is 16.5 Å². The number of hydrogen-bond donors (Lipinski definition) is 1. The number of thioether (sulfide) groups is 1. The molecule has 0 radical (unpaired) electrons. The van der Waals surface area contributed by atoms with E-state index in [4.69, 9.17) is 4.74 Å². The normalized spacial score (nSPS) is 18.6. The van der Waals surface area contributed by atoms with E-state index in [9.17, 15) is 0 Å². The number of nitrogens with zero attached hydrogens (tertiary/aromatic N) is 1. The van der Waals surface area contributed by atoms with Crippen molar-refractivity contribution in [2.24, 2.45) is 0 Å². The summed E-state index contributed by atoms with van der Waals surface area (Å²) in [5, 5.41) is 3.47. The average molecular weight is 218 g/mol. The van der Waals surface area contributed by atoms with Gasteiger partial charge in [-0.05, 0) is 25.0 Å². The molecule has 0 aliphatic carbocycles. The summed E-state index contributed by atoms with van der Waals surface area (Å²) in [5.74, 6) is 1.27. The molecule has 0 aromatic heterocycles. The molecule has 84 valence electrons. The smallest absolute Gasteiger partial charge is 0.0594 e. The van der Waals surface area contributed by atoms with Gasteiger partial charge in [-0.2, -0.15) is 11.8 Å². The Morgan fingerprint density at radius 3 is 2.79 bits per heavy atom. The molecule has 0 aromatic rings. The minimum atomic E-state index is 0.909. The predicted octanol–water partition coefficient (Wildman–Crippen LogP) is 0.661. The molecule has 14 heavy (non-hydrogen) atoms. The molecule has 1 N–H and O–H groups in total. The molecule has 0 bridgehead atoms. The zero-order valence-corrected chi connectivity index (χ0v) is 9.94. The van der Waals surface area contributed by atoms with Gasteiger partial charge in [0.25, 0.3) is 0 Å². The molecule has 1 aliphatic rings. The lowest BCUT2D eigenvalue weighted by atomic mass is 10.4. The zero-order valence-electron chi connectivity index (χ0n) is 9.13. The molecule has 1 rings (SSSR count). The molecule has 0 saturated carbocycles. The van der Waals surface area contributed by atoms with Crippen molar-refractivity contribution in [1.29, 1.82) is 0 Å². The highest BCUT2D eigenvalue weighted by Crippen LogP contribution is 1.95. The van der Waals surface area contributed by atoms with Crippen LogP contribution < -0.4 is 5.32 Å². The molecule has 3 nitrogen and oxygen atoms in total. The van der Waals surface area contributed by atoms with E-state index in [1.807, 2.05) is 11.8 Å². The van der Waals surface area contributed by atoms with Crippen LogP contribution in [-0.4, -0.2) is 62.8 Å². The maximum atomic E-state index is 5.29. The standard InChI is InChI=1S/C10H22N2OS/c1-14-10-2-3-11-4-5-12-6-8-13-9-7-12/h11H,2-10H2,1H3. The first-order valence-electron chi connectivity index (χ1n) is 5.43. The second-order valence-corrected chi connectivity index (χ2v) is 4.54. The predicted molar refractivity (Wildman–Crippen MR) is 63.1 cm³/mol. The van der Waals surface area contributed by atoms with Gasteiger partial charge in [0.05, 0.1) is 13.2 Å². The van der Waals surface area contributed by atoms with E-state index in [1.165, 1.54) is 18.7 Å². The molecular weight excluding hydrogens is 196 g/mol. The fraction of sp³-hybridized carbons (Fsp3) is 1.00. The van der Waals surface area contributed by atoms with Crippen molar-refractivity contribution >= 4 is 11.8 Å². The Kier molecular flexibility index (Phi) is 7.50. The van der Waals surface area contributed by atoms with Gasteiger partial charge in [0.2, 0.25) is 0 Å². The van der Waals surface area contributed by atoms with Gasteiger partial charge >= 0.3 is 0 Å². The van der Waals surface area contributed by atoms with Crippen LogP contribution in [0, 0.1) is 0 Å². The average Bonchev–Trinajstić information content (AvgIpc) is 2.25. The number of hydrogen-bond acceptors (Lipinski definition) is 4. The van der Waals surface area contributed by atoms with Crippen LogP contribution in [0.15, 0.2) is 0 Å². The van der Waals surface area contributed by atoms with E-state index in [1.54, 1.807) is 0 Å². The summed E-state index contributed by atoms with van der Waals surface area (Å²) in [6.07, 6.45) is 3.44. The van der Waals surface area contributed by atoms with Crippen molar-refractivity contribution in [2.75, 3.05) is 57.9 Å². The lowest BCUT2D eigenvalue weighted by Crippen LogP contribution is -2.40. The third-order valence-corrected chi connectivity index (χ3v) is 3.11. The SMILES string of the molecule is CSCCCNCCN1CCOCC1. The van der Waals surface area contributed by atoms with Gasteiger partial charge < -0.3 is 10.1 Å². The molecule has 4 heteroatoms. The van der Waals surface area contributed by atoms with Crippen LogP contribution in [-0.2, 0) is 4.74 Å². The second-order valence-electron chi connectivity index (χ2n) is 3.55. The number of ether oxygens (including phenoxy) is 1. The topological polar surface area (TPSA) is 24.5 Å². The Labute approximate surface area is 91.6 Å². The third kappa shape index (κ3) is 5.86. The van der Waals surface area contributed by atoms with Crippen LogP contribution in [0.1, 0.15) is 6.42 Å². The summed E-state index contributed by atoms with van der Waals surface area (Å²) in [5.41, 5.74) is 0. The fourth-order valence-electron chi connectivity index (χ4n) is 1.53. The minimum Gasteiger partial charge on any atom is -0.379 e. The summed E-state index contributed by atoms with van der Waals surface area (Å²) in [7, 11) is 0. The van der Waals surface area contributed by atoms with E-state index >= 15 is 0 Å². The molecular formula is C10H22N2OS. The van der Waals surface area contributed by atoms with Crippen molar-refractivity contribution in [2.45, 2.75) is 6.42 Å². The molecule has 1 aliphatic heterocycles. The van der Waals surface area contributed by atoms with Crippen molar-refractivity contribution in [1.82, 2.24) is 10.2 Å². The Bertz CT molecular complexity index is 129. The fourth-order valence-corrected chi connectivity index (χ4v) is 1.96. The van der Waals surface area contributed by atoms with E-state index in [-0.39, 0.29) is 0 Å². The summed E-state index contributed by atoms with van der Waals surface area (Å²) in [4.78, 5) is 2.46. The van der Waals surface area contributed by atoms with Gasteiger partial charge in [-0.3, -0.25) is 4.90 Å². The zero-order chi connectivity index (χ0) is 10.1. The third-order valence-electron chi connectivity index (χ3n) is 2.41. The Morgan fingerprint density at radius 2 is 2.07 bits per heavy atom. The van der Waals surface area contributed by atoms with Gasteiger partial charge in [0.15, 0.2) is 0 Å². The van der Waals surface area contributed by atoms with Crippen LogP contribution in [0.25, 0.3) is 0 Å². The molecule has 1 fully saturated rings. The summed E-state index contributed by atoms with van der Waals surface area (Å²) in [6.45, 7) is 7.47. The molecule has 0 amide bonds. The summed E-state index contributed by atoms with van der Waals surface area (Å²) >= 11 is 1.92. The second kappa shape index (κ2) is 8.53. The highest BCUT2D eigenvalue weighted by molar-refractivity contribution is 7.98. The van der Waals surface area contributed by atoms with Gasteiger partial charge in [-0.1, -0.05) is 0 Å².